The van der Waals surface area contributed by atoms with Crippen LogP contribution in [0.25, 0.3) is 0 Å². The summed E-state index contributed by atoms with van der Waals surface area (Å²) < 4.78 is 0. The van der Waals surface area contributed by atoms with Crippen molar-refractivity contribution in [2.75, 3.05) is 0 Å². The van der Waals surface area contributed by atoms with E-state index in [1.54, 1.807) is 0 Å². The van der Waals surface area contributed by atoms with Gasteiger partial charge in [-0.2, -0.15) is 0 Å². The molecule has 0 N–H and O–H groups in total. The Kier molecular flexibility index (Phi) is 5.86. The highest BCUT2D eigenvalue weighted by molar-refractivity contribution is 4.79. The van der Waals surface area contributed by atoms with Gasteiger partial charge in [-0.3, -0.25) is 0 Å². The summed E-state index contributed by atoms with van der Waals surface area (Å²) >= 11 is 0. The monoisotopic (exact) mass is 224 g/mol. The lowest BCUT2D eigenvalue weighted by Crippen LogP contribution is -2.25. The Bertz CT molecular complexity index is 184. The SMILES string of the molecule is CCC1CCC(CC(C)C(C)CC)C(C)C1. The molecule has 0 heteroatoms. The molecule has 0 aromatic rings. The molecule has 1 fully saturated rings. The molecule has 1 rings (SSSR count). The largest absolute Gasteiger partial charge is 0.0651 e. The maximum absolute atomic E-state index is 2.50. The summed E-state index contributed by atoms with van der Waals surface area (Å²) in [7, 11) is 0. The minimum Gasteiger partial charge on any atom is -0.0651 e. The Balaban J connectivity index is 2.38. The quantitative estimate of drug-likeness (QED) is 0.576. The molecule has 1 aliphatic carbocycles. The van der Waals surface area contributed by atoms with Crippen molar-refractivity contribution in [2.24, 2.45) is 29.6 Å². The third-order valence-corrected chi connectivity index (χ3v) is 5.32. The number of hydrogen-bond donors (Lipinski definition) is 0. The van der Waals surface area contributed by atoms with E-state index in [2.05, 4.69) is 34.6 Å². The van der Waals surface area contributed by atoms with Crippen molar-refractivity contribution in [1.82, 2.24) is 0 Å². The Morgan fingerprint density at radius 1 is 1.06 bits per heavy atom. The predicted molar refractivity (Wildman–Crippen MR) is 73.5 cm³/mol. The van der Waals surface area contributed by atoms with E-state index in [0.717, 1.165) is 29.6 Å². The summed E-state index contributed by atoms with van der Waals surface area (Å²) in [6.45, 7) is 12.1. The third kappa shape index (κ3) is 3.79. The summed E-state index contributed by atoms with van der Waals surface area (Å²) in [6.07, 6.45) is 8.72. The van der Waals surface area contributed by atoms with Crippen LogP contribution in [0, 0.1) is 29.6 Å². The van der Waals surface area contributed by atoms with Crippen LogP contribution in [0.2, 0.25) is 0 Å². The van der Waals surface area contributed by atoms with Gasteiger partial charge in [0.25, 0.3) is 0 Å². The Labute approximate surface area is 103 Å². The molecule has 0 amide bonds. The van der Waals surface area contributed by atoms with Crippen molar-refractivity contribution in [3.05, 3.63) is 0 Å². The van der Waals surface area contributed by atoms with Crippen LogP contribution in [-0.2, 0) is 0 Å². The summed E-state index contributed by atoms with van der Waals surface area (Å²) in [5, 5.41) is 0. The van der Waals surface area contributed by atoms with Crippen molar-refractivity contribution in [3.63, 3.8) is 0 Å². The molecule has 96 valence electrons. The maximum atomic E-state index is 2.50. The standard InChI is InChI=1S/C16H32/c1-6-12(3)13(4)11-16-9-8-15(7-2)10-14(16)5/h12-16H,6-11H2,1-5H3. The molecular formula is C16H32. The van der Waals surface area contributed by atoms with Gasteiger partial charge < -0.3 is 0 Å². The first-order valence-electron chi connectivity index (χ1n) is 7.58. The van der Waals surface area contributed by atoms with E-state index in [-0.39, 0.29) is 0 Å². The van der Waals surface area contributed by atoms with Gasteiger partial charge in [0.1, 0.15) is 0 Å². The van der Waals surface area contributed by atoms with Crippen LogP contribution < -0.4 is 0 Å². The molecule has 0 saturated heterocycles. The molecular weight excluding hydrogens is 192 g/mol. The van der Waals surface area contributed by atoms with Crippen LogP contribution in [-0.4, -0.2) is 0 Å². The van der Waals surface area contributed by atoms with E-state index in [9.17, 15) is 0 Å². The van der Waals surface area contributed by atoms with E-state index in [1.807, 2.05) is 0 Å². The predicted octanol–water partition coefficient (Wildman–Crippen LogP) is 5.52. The van der Waals surface area contributed by atoms with Gasteiger partial charge in [-0.25, -0.2) is 0 Å². The molecule has 1 aliphatic rings. The molecule has 0 nitrogen and oxygen atoms in total. The lowest BCUT2D eigenvalue weighted by atomic mass is 9.70. The summed E-state index contributed by atoms with van der Waals surface area (Å²) in [5.74, 6) is 4.87. The molecule has 1 saturated carbocycles. The minimum atomic E-state index is 0.913. The van der Waals surface area contributed by atoms with Gasteiger partial charge in [0, 0.05) is 0 Å². The molecule has 16 heavy (non-hydrogen) atoms. The first-order chi connectivity index (χ1) is 7.58. The topological polar surface area (TPSA) is 0 Å². The van der Waals surface area contributed by atoms with E-state index >= 15 is 0 Å². The second kappa shape index (κ2) is 6.67. The zero-order valence-corrected chi connectivity index (χ0v) is 12.1. The van der Waals surface area contributed by atoms with Gasteiger partial charge in [0.2, 0.25) is 0 Å². The van der Waals surface area contributed by atoms with Crippen LogP contribution in [0.3, 0.4) is 0 Å². The molecule has 0 bridgehead atoms. The minimum absolute atomic E-state index is 0.913. The molecule has 0 spiro atoms. The lowest BCUT2D eigenvalue weighted by Gasteiger charge is -2.36. The molecule has 0 aromatic carbocycles. The summed E-state index contributed by atoms with van der Waals surface area (Å²) in [4.78, 5) is 0. The van der Waals surface area contributed by atoms with Crippen LogP contribution in [0.4, 0.5) is 0 Å². The van der Waals surface area contributed by atoms with E-state index in [0.29, 0.717) is 0 Å². The van der Waals surface area contributed by atoms with Gasteiger partial charge in [0.05, 0.1) is 0 Å². The highest BCUT2D eigenvalue weighted by Gasteiger charge is 2.28. The van der Waals surface area contributed by atoms with Gasteiger partial charge in [-0.05, 0) is 48.9 Å². The van der Waals surface area contributed by atoms with Gasteiger partial charge in [-0.15, -0.1) is 0 Å². The number of rotatable bonds is 5. The molecule has 5 atom stereocenters. The fraction of sp³-hybridized carbons (Fsp3) is 1.00. The van der Waals surface area contributed by atoms with Crippen LogP contribution in [0.1, 0.15) is 73.1 Å². The molecule has 0 aromatic heterocycles. The summed E-state index contributed by atoms with van der Waals surface area (Å²) in [6, 6.07) is 0. The second-order valence-corrected chi connectivity index (χ2v) is 6.42. The average Bonchev–Trinajstić information content (AvgIpc) is 2.30. The molecule has 0 radical (unpaired) electrons. The smallest absolute Gasteiger partial charge is 0.0386 e. The van der Waals surface area contributed by atoms with Crippen LogP contribution >= 0.6 is 0 Å². The Hall–Kier alpha value is 0. The van der Waals surface area contributed by atoms with Crippen LogP contribution in [0.5, 0.6) is 0 Å². The van der Waals surface area contributed by atoms with Gasteiger partial charge in [0.15, 0.2) is 0 Å². The van der Waals surface area contributed by atoms with Crippen molar-refractivity contribution in [1.29, 1.82) is 0 Å². The molecule has 5 unspecified atom stereocenters. The first-order valence-corrected chi connectivity index (χ1v) is 7.58. The average molecular weight is 224 g/mol. The maximum Gasteiger partial charge on any atom is -0.0386 e. The highest BCUT2D eigenvalue weighted by atomic mass is 14.3. The first kappa shape index (κ1) is 14.1. The van der Waals surface area contributed by atoms with E-state index in [4.69, 9.17) is 0 Å². The fourth-order valence-corrected chi connectivity index (χ4v) is 3.40. The van der Waals surface area contributed by atoms with Crippen molar-refractivity contribution < 1.29 is 0 Å². The Morgan fingerprint density at radius 2 is 1.75 bits per heavy atom. The zero-order chi connectivity index (χ0) is 12.1. The van der Waals surface area contributed by atoms with Crippen molar-refractivity contribution >= 4 is 0 Å². The van der Waals surface area contributed by atoms with Gasteiger partial charge in [-0.1, -0.05) is 53.9 Å². The highest BCUT2D eigenvalue weighted by Crippen LogP contribution is 2.39. The number of hydrogen-bond acceptors (Lipinski definition) is 0. The lowest BCUT2D eigenvalue weighted by molar-refractivity contribution is 0.150. The Morgan fingerprint density at radius 3 is 2.25 bits per heavy atom. The fourth-order valence-electron chi connectivity index (χ4n) is 3.40. The van der Waals surface area contributed by atoms with E-state index < -0.39 is 0 Å². The zero-order valence-electron chi connectivity index (χ0n) is 12.1. The van der Waals surface area contributed by atoms with E-state index in [1.165, 1.54) is 38.5 Å². The van der Waals surface area contributed by atoms with Crippen molar-refractivity contribution in [2.45, 2.75) is 73.1 Å². The normalized spacial score (nSPS) is 34.7. The third-order valence-electron chi connectivity index (χ3n) is 5.32. The van der Waals surface area contributed by atoms with Crippen LogP contribution in [0.15, 0.2) is 0 Å². The second-order valence-electron chi connectivity index (χ2n) is 6.42. The molecule has 0 aliphatic heterocycles. The summed E-state index contributed by atoms with van der Waals surface area (Å²) in [5.41, 5.74) is 0. The van der Waals surface area contributed by atoms with Crippen molar-refractivity contribution in [3.8, 4) is 0 Å². The van der Waals surface area contributed by atoms with Gasteiger partial charge >= 0.3 is 0 Å². The molecule has 0 heterocycles.